The van der Waals surface area contributed by atoms with Crippen LogP contribution >= 0.6 is 15.9 Å². The first-order valence-electron chi connectivity index (χ1n) is 10.8. The minimum atomic E-state index is -1.47. The highest BCUT2D eigenvalue weighted by Gasteiger charge is 2.67. The number of benzene rings is 1. The van der Waals surface area contributed by atoms with Crippen LogP contribution in [-0.2, 0) is 16.8 Å². The molecule has 1 heterocycles. The van der Waals surface area contributed by atoms with Crippen molar-refractivity contribution < 1.29 is 9.18 Å². The number of nitrogens with zero attached hydrogens (tertiary/aromatic N) is 2. The number of fused-ring (bicyclic) bond motifs is 3. The molecule has 2 unspecified atom stereocenters. The summed E-state index contributed by atoms with van der Waals surface area (Å²) in [6.07, 6.45) is 2.81. The molecule has 5 atom stereocenters. The Hall–Kier alpha value is -1.23. The summed E-state index contributed by atoms with van der Waals surface area (Å²) in [6, 6.07) is 6.28. The monoisotopic (exact) mass is 462 g/mol. The largest absolute Gasteiger partial charge is 0.295 e. The Morgan fingerprint density at radius 1 is 1.24 bits per heavy atom. The Balaban J connectivity index is 1.90. The zero-order chi connectivity index (χ0) is 21.4. The summed E-state index contributed by atoms with van der Waals surface area (Å²) in [5.74, 6) is 2.26. The molecule has 158 valence electrons. The molecule has 4 rings (SSSR count). The molecular formula is C24H32BrFN2O. The molecule has 1 aromatic rings. The van der Waals surface area contributed by atoms with Crippen LogP contribution in [0.4, 0.5) is 4.39 Å². The number of rotatable bonds is 2. The summed E-state index contributed by atoms with van der Waals surface area (Å²) in [7, 11) is 0. The summed E-state index contributed by atoms with van der Waals surface area (Å²) in [5, 5.41) is 0. The molecule has 1 aliphatic heterocycles. The number of alkyl halides is 1. The van der Waals surface area contributed by atoms with E-state index < -0.39 is 11.2 Å². The summed E-state index contributed by atoms with van der Waals surface area (Å²) in [4.78, 5) is 20.8. The average molecular weight is 463 g/mol. The van der Waals surface area contributed by atoms with Crippen molar-refractivity contribution in [2.45, 2.75) is 72.0 Å². The molecule has 1 aromatic carbocycles. The number of hydrogen-bond donors (Lipinski definition) is 0. The predicted molar refractivity (Wildman–Crippen MR) is 119 cm³/mol. The van der Waals surface area contributed by atoms with Gasteiger partial charge in [-0.3, -0.25) is 14.7 Å². The third-order valence-electron chi connectivity index (χ3n) is 7.79. The number of carbonyl (C=O) groups is 1. The van der Waals surface area contributed by atoms with Crippen LogP contribution in [0.3, 0.4) is 0 Å². The maximum Gasteiger partial charge on any atom is 0.261 e. The molecule has 1 amide bonds. The number of aliphatic imine (C=N–C) groups is 1. The van der Waals surface area contributed by atoms with E-state index in [1.54, 1.807) is 4.90 Å². The highest BCUT2D eigenvalue weighted by atomic mass is 79.9. The fraction of sp³-hybridized carbons (Fsp3) is 0.667. The first kappa shape index (κ1) is 21.0. The van der Waals surface area contributed by atoms with Crippen molar-refractivity contribution in [1.82, 2.24) is 4.90 Å². The number of amides is 1. The van der Waals surface area contributed by atoms with Gasteiger partial charge in [-0.1, -0.05) is 42.8 Å². The Morgan fingerprint density at radius 3 is 2.45 bits per heavy atom. The number of carbonyl (C=O) groups excluding carboxylic acids is 1. The van der Waals surface area contributed by atoms with Crippen molar-refractivity contribution in [3.63, 3.8) is 0 Å². The van der Waals surface area contributed by atoms with Gasteiger partial charge in [-0.2, -0.15) is 0 Å². The lowest BCUT2D eigenvalue weighted by Gasteiger charge is -2.50. The van der Waals surface area contributed by atoms with Crippen molar-refractivity contribution in [3.05, 3.63) is 33.8 Å². The van der Waals surface area contributed by atoms with Crippen molar-refractivity contribution >= 4 is 27.7 Å². The molecule has 3 nitrogen and oxygen atoms in total. The van der Waals surface area contributed by atoms with Crippen LogP contribution in [0.1, 0.15) is 65.5 Å². The topological polar surface area (TPSA) is 32.7 Å². The van der Waals surface area contributed by atoms with Gasteiger partial charge >= 0.3 is 0 Å². The van der Waals surface area contributed by atoms with E-state index in [4.69, 9.17) is 4.99 Å². The first-order valence-corrected chi connectivity index (χ1v) is 11.6. The van der Waals surface area contributed by atoms with Crippen LogP contribution in [0.25, 0.3) is 0 Å². The molecule has 3 aliphatic rings. The standard InChI is InChI=1S/C24H32BrFN2O/c1-14-10-23(11-15(2)16(14)3)12-18-7-8-19(25)9-20(18)24(23)21(29)28(17(4)27-24)13-22(5,6)26/h7-9,14-16H,10-13H2,1-6H3/t14-,15+,16?,23?,24-/m1/s1. The summed E-state index contributed by atoms with van der Waals surface area (Å²) >= 11 is 3.61. The first-order chi connectivity index (χ1) is 13.4. The molecule has 1 fully saturated rings. The lowest BCUT2D eigenvalue weighted by atomic mass is 9.55. The molecule has 0 saturated heterocycles. The quantitative estimate of drug-likeness (QED) is 0.538. The van der Waals surface area contributed by atoms with E-state index in [0.717, 1.165) is 29.3 Å². The van der Waals surface area contributed by atoms with E-state index in [0.29, 0.717) is 23.6 Å². The maximum absolute atomic E-state index is 14.6. The van der Waals surface area contributed by atoms with Gasteiger partial charge in [0, 0.05) is 9.89 Å². The van der Waals surface area contributed by atoms with Gasteiger partial charge in [0.25, 0.3) is 5.91 Å². The minimum absolute atomic E-state index is 0.0356. The zero-order valence-electron chi connectivity index (χ0n) is 18.4. The third kappa shape index (κ3) is 3.02. The second kappa shape index (κ2) is 6.63. The second-order valence-corrected chi connectivity index (χ2v) is 11.4. The maximum atomic E-state index is 14.6. The van der Waals surface area contributed by atoms with Crippen LogP contribution in [0.5, 0.6) is 0 Å². The molecule has 2 aliphatic carbocycles. The fourth-order valence-electron chi connectivity index (χ4n) is 6.28. The van der Waals surface area contributed by atoms with Crippen molar-refractivity contribution in [3.8, 4) is 0 Å². The lowest BCUT2D eigenvalue weighted by Crippen LogP contribution is -2.54. The van der Waals surface area contributed by atoms with Crippen LogP contribution in [0.15, 0.2) is 27.7 Å². The second-order valence-electron chi connectivity index (χ2n) is 10.5. The van der Waals surface area contributed by atoms with E-state index in [1.165, 1.54) is 19.4 Å². The van der Waals surface area contributed by atoms with E-state index in [9.17, 15) is 9.18 Å². The van der Waals surface area contributed by atoms with Gasteiger partial charge in [0.05, 0.1) is 6.54 Å². The highest BCUT2D eigenvalue weighted by molar-refractivity contribution is 9.10. The van der Waals surface area contributed by atoms with Crippen LogP contribution in [0, 0.1) is 23.2 Å². The van der Waals surface area contributed by atoms with E-state index in [2.05, 4.69) is 54.9 Å². The molecule has 0 radical (unpaired) electrons. The smallest absolute Gasteiger partial charge is 0.261 e. The van der Waals surface area contributed by atoms with Crippen molar-refractivity contribution in [2.75, 3.05) is 6.54 Å². The molecule has 5 heteroatoms. The van der Waals surface area contributed by atoms with Crippen molar-refractivity contribution in [1.29, 1.82) is 0 Å². The number of hydrogen-bond acceptors (Lipinski definition) is 2. The predicted octanol–water partition coefficient (Wildman–Crippen LogP) is 5.90. The van der Waals surface area contributed by atoms with Crippen LogP contribution in [-0.4, -0.2) is 28.9 Å². The number of amidine groups is 1. The van der Waals surface area contributed by atoms with Gasteiger partial charge < -0.3 is 0 Å². The zero-order valence-corrected chi connectivity index (χ0v) is 19.9. The molecule has 0 bridgehead atoms. The SMILES string of the molecule is CC1=N[C@@]2(C(=O)N1CC(C)(C)F)c1cc(Br)ccc1CC21C[C@@H](C)C(C)[C@@H](C)C1. The molecular weight excluding hydrogens is 431 g/mol. The Labute approximate surface area is 182 Å². The molecule has 29 heavy (non-hydrogen) atoms. The van der Waals surface area contributed by atoms with Gasteiger partial charge in [-0.15, -0.1) is 0 Å². The van der Waals surface area contributed by atoms with Gasteiger partial charge in [0.15, 0.2) is 5.54 Å². The molecule has 1 saturated carbocycles. The minimum Gasteiger partial charge on any atom is -0.295 e. The fourth-order valence-corrected chi connectivity index (χ4v) is 6.64. The molecule has 0 aromatic heterocycles. The van der Waals surface area contributed by atoms with Crippen molar-refractivity contribution in [2.24, 2.45) is 28.2 Å². The third-order valence-corrected chi connectivity index (χ3v) is 8.28. The average Bonchev–Trinajstić information content (AvgIpc) is 2.99. The Bertz CT molecular complexity index is 877. The van der Waals surface area contributed by atoms with Gasteiger partial charge in [-0.05, 0) is 81.0 Å². The van der Waals surface area contributed by atoms with Crippen LogP contribution < -0.4 is 0 Å². The highest BCUT2D eigenvalue weighted by Crippen LogP contribution is 2.64. The van der Waals surface area contributed by atoms with Gasteiger partial charge in [0.1, 0.15) is 11.5 Å². The number of halogens is 2. The van der Waals surface area contributed by atoms with E-state index in [-0.39, 0.29) is 17.9 Å². The molecule has 0 N–H and O–H groups in total. The van der Waals surface area contributed by atoms with Gasteiger partial charge in [0.2, 0.25) is 0 Å². The summed E-state index contributed by atoms with van der Waals surface area (Å²) in [5.41, 5.74) is -0.400. The Kier molecular flexibility index (Phi) is 4.81. The molecule has 2 spiro atoms. The summed E-state index contributed by atoms with van der Waals surface area (Å²) < 4.78 is 15.5. The normalized spacial score (nSPS) is 36.8. The Morgan fingerprint density at radius 2 is 1.86 bits per heavy atom. The van der Waals surface area contributed by atoms with Crippen LogP contribution in [0.2, 0.25) is 0 Å². The van der Waals surface area contributed by atoms with E-state index >= 15 is 0 Å². The summed E-state index contributed by atoms with van der Waals surface area (Å²) in [6.45, 7) is 11.9. The van der Waals surface area contributed by atoms with E-state index in [1.807, 2.05) is 6.92 Å². The lowest BCUT2D eigenvalue weighted by molar-refractivity contribution is -0.140. The van der Waals surface area contributed by atoms with Gasteiger partial charge in [-0.25, -0.2) is 4.39 Å².